The van der Waals surface area contributed by atoms with Crippen molar-refractivity contribution in [2.75, 3.05) is 0 Å². The largest absolute Gasteiger partial charge is 0.349 e. The molecule has 2 aromatic heterocycles. The molecule has 1 saturated carbocycles. The number of H-pyrrole nitrogens is 1. The fourth-order valence-electron chi connectivity index (χ4n) is 2.00. The number of hydrogen-bond donors (Lipinski definition) is 2. The Morgan fingerprint density at radius 2 is 2.28 bits per heavy atom. The zero-order valence-electron chi connectivity index (χ0n) is 9.89. The van der Waals surface area contributed by atoms with Gasteiger partial charge in [-0.05, 0) is 31.4 Å². The maximum Gasteiger partial charge on any atom is 0.255 e. The van der Waals surface area contributed by atoms with Crippen LogP contribution in [0.1, 0.15) is 29.6 Å². The minimum Gasteiger partial charge on any atom is -0.349 e. The SMILES string of the molecule is O=C(NC1CCC1)c1cn[nH]c1-c1cccnc1. The monoisotopic (exact) mass is 242 g/mol. The van der Waals surface area contributed by atoms with Crippen LogP contribution in [0, 0.1) is 0 Å². The molecule has 92 valence electrons. The van der Waals surface area contributed by atoms with E-state index in [1.54, 1.807) is 18.6 Å². The Labute approximate surface area is 105 Å². The number of rotatable bonds is 3. The molecular weight excluding hydrogens is 228 g/mol. The van der Waals surface area contributed by atoms with Gasteiger partial charge < -0.3 is 5.32 Å². The van der Waals surface area contributed by atoms with E-state index >= 15 is 0 Å². The van der Waals surface area contributed by atoms with Crippen molar-refractivity contribution in [3.8, 4) is 11.3 Å². The molecule has 0 aromatic carbocycles. The summed E-state index contributed by atoms with van der Waals surface area (Å²) in [4.78, 5) is 16.2. The van der Waals surface area contributed by atoms with Crippen molar-refractivity contribution >= 4 is 5.91 Å². The molecular formula is C13H14N4O. The number of amides is 1. The fourth-order valence-corrected chi connectivity index (χ4v) is 2.00. The molecule has 0 radical (unpaired) electrons. The highest BCUT2D eigenvalue weighted by Gasteiger charge is 2.22. The van der Waals surface area contributed by atoms with Crippen LogP contribution in [0.4, 0.5) is 0 Å². The van der Waals surface area contributed by atoms with Gasteiger partial charge in [-0.25, -0.2) is 0 Å². The van der Waals surface area contributed by atoms with Crippen molar-refractivity contribution < 1.29 is 4.79 Å². The molecule has 0 bridgehead atoms. The van der Waals surface area contributed by atoms with Crippen molar-refractivity contribution in [3.05, 3.63) is 36.3 Å². The summed E-state index contributed by atoms with van der Waals surface area (Å²) in [5, 5.41) is 9.83. The lowest BCUT2D eigenvalue weighted by molar-refractivity contribution is 0.0917. The lowest BCUT2D eigenvalue weighted by Crippen LogP contribution is -2.39. The molecule has 2 N–H and O–H groups in total. The number of aromatic amines is 1. The number of carbonyl (C=O) groups is 1. The standard InChI is InChI=1S/C13H14N4O/c18-13(16-10-4-1-5-10)11-8-15-17-12(11)9-3-2-6-14-7-9/h2-3,6-8,10H,1,4-5H2,(H,15,17)(H,16,18). The number of carbonyl (C=O) groups excluding carboxylic acids is 1. The highest BCUT2D eigenvalue weighted by atomic mass is 16.1. The van der Waals surface area contributed by atoms with E-state index in [0.29, 0.717) is 11.6 Å². The quantitative estimate of drug-likeness (QED) is 0.861. The summed E-state index contributed by atoms with van der Waals surface area (Å²) in [5.74, 6) is -0.0627. The zero-order valence-corrected chi connectivity index (χ0v) is 9.89. The first-order chi connectivity index (χ1) is 8.84. The number of nitrogens with zero attached hydrogens (tertiary/aromatic N) is 2. The van der Waals surface area contributed by atoms with Crippen LogP contribution in [0.15, 0.2) is 30.7 Å². The minimum atomic E-state index is -0.0627. The smallest absolute Gasteiger partial charge is 0.255 e. The lowest BCUT2D eigenvalue weighted by atomic mass is 9.93. The fraction of sp³-hybridized carbons (Fsp3) is 0.308. The number of pyridine rings is 1. The Balaban J connectivity index is 1.84. The van der Waals surface area contributed by atoms with Gasteiger partial charge in [-0.15, -0.1) is 0 Å². The molecule has 0 spiro atoms. The average molecular weight is 242 g/mol. The number of hydrogen-bond acceptors (Lipinski definition) is 3. The molecule has 0 atom stereocenters. The van der Waals surface area contributed by atoms with Crippen LogP contribution in [0.5, 0.6) is 0 Å². The number of nitrogens with one attached hydrogen (secondary N) is 2. The molecule has 0 aliphatic heterocycles. The van der Waals surface area contributed by atoms with Gasteiger partial charge in [0.15, 0.2) is 0 Å². The van der Waals surface area contributed by atoms with Crippen LogP contribution < -0.4 is 5.32 Å². The first-order valence-electron chi connectivity index (χ1n) is 6.09. The second-order valence-corrected chi connectivity index (χ2v) is 4.50. The van der Waals surface area contributed by atoms with E-state index in [4.69, 9.17) is 0 Å². The summed E-state index contributed by atoms with van der Waals surface area (Å²) in [6.07, 6.45) is 8.33. The number of aromatic nitrogens is 3. The Hall–Kier alpha value is -2.17. The second kappa shape index (κ2) is 4.60. The second-order valence-electron chi connectivity index (χ2n) is 4.50. The molecule has 2 aromatic rings. The summed E-state index contributed by atoms with van der Waals surface area (Å²) in [6, 6.07) is 4.07. The van der Waals surface area contributed by atoms with E-state index in [0.717, 1.165) is 24.1 Å². The van der Waals surface area contributed by atoms with Gasteiger partial charge in [-0.3, -0.25) is 14.9 Å². The Kier molecular flexibility index (Phi) is 2.80. The van der Waals surface area contributed by atoms with Gasteiger partial charge in [-0.1, -0.05) is 0 Å². The summed E-state index contributed by atoms with van der Waals surface area (Å²) < 4.78 is 0. The van der Waals surface area contributed by atoms with E-state index in [-0.39, 0.29) is 5.91 Å². The van der Waals surface area contributed by atoms with Crippen molar-refractivity contribution in [3.63, 3.8) is 0 Å². The molecule has 1 aliphatic carbocycles. The molecule has 0 saturated heterocycles. The Bertz CT molecular complexity index is 545. The third-order valence-electron chi connectivity index (χ3n) is 3.27. The topological polar surface area (TPSA) is 70.7 Å². The van der Waals surface area contributed by atoms with Gasteiger partial charge in [0.1, 0.15) is 0 Å². The summed E-state index contributed by atoms with van der Waals surface area (Å²) in [6.45, 7) is 0. The molecule has 0 unspecified atom stereocenters. The van der Waals surface area contributed by atoms with Gasteiger partial charge >= 0.3 is 0 Å². The maximum absolute atomic E-state index is 12.1. The highest BCUT2D eigenvalue weighted by molar-refractivity contribution is 5.99. The van der Waals surface area contributed by atoms with Crippen LogP contribution >= 0.6 is 0 Å². The molecule has 18 heavy (non-hydrogen) atoms. The minimum absolute atomic E-state index is 0.0627. The van der Waals surface area contributed by atoms with Crippen LogP contribution in [-0.2, 0) is 0 Å². The van der Waals surface area contributed by atoms with Crippen LogP contribution in [-0.4, -0.2) is 27.1 Å². The third kappa shape index (κ3) is 1.99. The van der Waals surface area contributed by atoms with Crippen molar-refractivity contribution in [2.24, 2.45) is 0 Å². The maximum atomic E-state index is 12.1. The predicted octanol–water partition coefficient (Wildman–Crippen LogP) is 1.75. The summed E-state index contributed by atoms with van der Waals surface area (Å²) in [7, 11) is 0. The van der Waals surface area contributed by atoms with Crippen LogP contribution in [0.25, 0.3) is 11.3 Å². The van der Waals surface area contributed by atoms with Gasteiger partial charge in [0, 0.05) is 24.0 Å². The van der Waals surface area contributed by atoms with Crippen LogP contribution in [0.3, 0.4) is 0 Å². The van der Waals surface area contributed by atoms with Crippen molar-refractivity contribution in [2.45, 2.75) is 25.3 Å². The van der Waals surface area contributed by atoms with Gasteiger partial charge in [0.2, 0.25) is 0 Å². The predicted molar refractivity (Wildman–Crippen MR) is 66.9 cm³/mol. The Morgan fingerprint density at radius 3 is 2.94 bits per heavy atom. The van der Waals surface area contributed by atoms with Gasteiger partial charge in [-0.2, -0.15) is 5.10 Å². The van der Waals surface area contributed by atoms with E-state index in [9.17, 15) is 4.79 Å². The normalized spacial score (nSPS) is 15.1. The molecule has 5 heteroatoms. The van der Waals surface area contributed by atoms with E-state index in [1.165, 1.54) is 6.42 Å². The zero-order chi connectivity index (χ0) is 12.4. The van der Waals surface area contributed by atoms with E-state index in [2.05, 4.69) is 20.5 Å². The van der Waals surface area contributed by atoms with Gasteiger partial charge in [0.25, 0.3) is 5.91 Å². The molecule has 1 fully saturated rings. The first-order valence-corrected chi connectivity index (χ1v) is 6.09. The van der Waals surface area contributed by atoms with Crippen molar-refractivity contribution in [1.82, 2.24) is 20.5 Å². The van der Waals surface area contributed by atoms with Gasteiger partial charge in [0.05, 0.1) is 17.5 Å². The molecule has 3 rings (SSSR count). The first kappa shape index (κ1) is 11.0. The Morgan fingerprint density at radius 1 is 1.39 bits per heavy atom. The summed E-state index contributed by atoms with van der Waals surface area (Å²) >= 11 is 0. The molecule has 1 aliphatic rings. The third-order valence-corrected chi connectivity index (χ3v) is 3.27. The highest BCUT2D eigenvalue weighted by Crippen LogP contribution is 2.22. The lowest BCUT2D eigenvalue weighted by Gasteiger charge is -2.26. The molecule has 5 nitrogen and oxygen atoms in total. The summed E-state index contributed by atoms with van der Waals surface area (Å²) in [5.41, 5.74) is 2.17. The van der Waals surface area contributed by atoms with Crippen LogP contribution in [0.2, 0.25) is 0 Å². The molecule has 2 heterocycles. The average Bonchev–Trinajstić information content (AvgIpc) is 2.84. The van der Waals surface area contributed by atoms with E-state index < -0.39 is 0 Å². The molecule has 1 amide bonds. The van der Waals surface area contributed by atoms with Crippen molar-refractivity contribution in [1.29, 1.82) is 0 Å². The van der Waals surface area contributed by atoms with E-state index in [1.807, 2.05) is 12.1 Å².